The molecular formula is C11H14N4O2S. The van der Waals surface area contributed by atoms with Crippen molar-refractivity contribution in [2.24, 2.45) is 0 Å². The number of sulfonamides is 1. The normalized spacial score (nSPS) is 23.8. The molecule has 1 aromatic heterocycles. The Bertz CT molecular complexity index is 585. The molecule has 6 nitrogen and oxygen atoms in total. The average Bonchev–Trinajstić information content (AvgIpc) is 2.74. The van der Waals surface area contributed by atoms with Gasteiger partial charge in [0.15, 0.2) is 5.69 Å². The minimum Gasteiger partial charge on any atom is -0.315 e. The van der Waals surface area contributed by atoms with Crippen molar-refractivity contribution in [3.8, 4) is 6.07 Å². The fraction of sp³-hybridized carbons (Fsp3) is 0.455. The third kappa shape index (κ3) is 2.51. The number of nitrogens with one attached hydrogen (secondary N) is 2. The van der Waals surface area contributed by atoms with E-state index in [1.165, 1.54) is 18.3 Å². The zero-order chi connectivity index (χ0) is 13.2. The zero-order valence-corrected chi connectivity index (χ0v) is 10.8. The second-order valence-electron chi connectivity index (χ2n) is 4.55. The Labute approximate surface area is 106 Å². The molecule has 2 N–H and O–H groups in total. The fourth-order valence-electron chi connectivity index (χ4n) is 1.97. The van der Waals surface area contributed by atoms with E-state index in [4.69, 9.17) is 5.26 Å². The van der Waals surface area contributed by atoms with Gasteiger partial charge in [-0.2, -0.15) is 5.26 Å². The summed E-state index contributed by atoms with van der Waals surface area (Å²) in [6.45, 7) is 3.19. The van der Waals surface area contributed by atoms with Gasteiger partial charge in [0.05, 0.1) is 0 Å². The Morgan fingerprint density at radius 1 is 1.61 bits per heavy atom. The Hall–Kier alpha value is -1.49. The predicted molar refractivity (Wildman–Crippen MR) is 65.2 cm³/mol. The molecule has 1 saturated heterocycles. The first-order chi connectivity index (χ1) is 8.47. The molecule has 96 valence electrons. The Morgan fingerprint density at radius 2 is 2.39 bits per heavy atom. The number of nitrogens with zero attached hydrogens (tertiary/aromatic N) is 2. The summed E-state index contributed by atoms with van der Waals surface area (Å²) in [6, 6.07) is 4.69. The van der Waals surface area contributed by atoms with Gasteiger partial charge in [0.2, 0.25) is 10.0 Å². The van der Waals surface area contributed by atoms with E-state index in [2.05, 4.69) is 15.0 Å². The van der Waals surface area contributed by atoms with E-state index in [0.717, 1.165) is 6.54 Å². The minimum absolute atomic E-state index is 0.0689. The highest BCUT2D eigenvalue weighted by molar-refractivity contribution is 7.89. The lowest BCUT2D eigenvalue weighted by molar-refractivity contribution is 0.452. The molecule has 0 saturated carbocycles. The van der Waals surface area contributed by atoms with Crippen molar-refractivity contribution >= 4 is 10.0 Å². The van der Waals surface area contributed by atoms with Gasteiger partial charge in [-0.25, -0.2) is 18.1 Å². The highest BCUT2D eigenvalue weighted by Crippen LogP contribution is 2.19. The summed E-state index contributed by atoms with van der Waals surface area (Å²) < 4.78 is 27.1. The molecule has 1 fully saturated rings. The number of nitriles is 1. The molecule has 0 aliphatic carbocycles. The maximum Gasteiger partial charge on any atom is 0.244 e. The number of hydrogen-bond donors (Lipinski definition) is 2. The third-order valence-corrected chi connectivity index (χ3v) is 4.59. The van der Waals surface area contributed by atoms with E-state index in [1.807, 2.05) is 6.92 Å². The first-order valence-corrected chi connectivity index (χ1v) is 7.05. The van der Waals surface area contributed by atoms with Gasteiger partial charge >= 0.3 is 0 Å². The zero-order valence-electron chi connectivity index (χ0n) is 9.97. The van der Waals surface area contributed by atoms with Gasteiger partial charge in [-0.3, -0.25) is 0 Å². The first kappa shape index (κ1) is 13.0. The third-order valence-electron chi connectivity index (χ3n) is 2.92. The Kier molecular flexibility index (Phi) is 3.34. The summed E-state index contributed by atoms with van der Waals surface area (Å²) in [7, 11) is -3.72. The van der Waals surface area contributed by atoms with Crippen LogP contribution in [0.3, 0.4) is 0 Å². The molecule has 0 bridgehead atoms. The van der Waals surface area contributed by atoms with Crippen molar-refractivity contribution in [3.63, 3.8) is 0 Å². The van der Waals surface area contributed by atoms with Gasteiger partial charge in [0.25, 0.3) is 0 Å². The van der Waals surface area contributed by atoms with Gasteiger partial charge in [-0.15, -0.1) is 0 Å². The van der Waals surface area contributed by atoms with Crippen LogP contribution in [0.4, 0.5) is 0 Å². The smallest absolute Gasteiger partial charge is 0.244 e. The quantitative estimate of drug-likeness (QED) is 0.802. The SMILES string of the molecule is CC1(NS(=O)(=O)c2cccnc2C#N)CCNC1. The van der Waals surface area contributed by atoms with Gasteiger partial charge in [0.1, 0.15) is 11.0 Å². The van der Waals surface area contributed by atoms with E-state index in [-0.39, 0.29) is 10.6 Å². The van der Waals surface area contributed by atoms with Crippen molar-refractivity contribution in [1.29, 1.82) is 5.26 Å². The standard InChI is InChI=1S/C11H14N4O2S/c1-11(4-6-13-8-11)15-18(16,17)10-3-2-5-14-9(10)7-12/h2-3,5,13,15H,4,6,8H2,1H3. The number of pyridine rings is 1. The van der Waals surface area contributed by atoms with Crippen LogP contribution >= 0.6 is 0 Å². The summed E-state index contributed by atoms with van der Waals surface area (Å²) in [5, 5.41) is 12.0. The lowest BCUT2D eigenvalue weighted by Gasteiger charge is -2.24. The van der Waals surface area contributed by atoms with Crippen LogP contribution in [-0.4, -0.2) is 32.0 Å². The molecule has 2 rings (SSSR count). The maximum atomic E-state index is 12.2. The summed E-state index contributed by atoms with van der Waals surface area (Å²) in [5.41, 5.74) is -0.596. The van der Waals surface area contributed by atoms with E-state index in [0.29, 0.717) is 13.0 Å². The largest absolute Gasteiger partial charge is 0.315 e. The maximum absolute atomic E-state index is 12.2. The summed E-state index contributed by atoms with van der Waals surface area (Å²) in [5.74, 6) is 0. The van der Waals surface area contributed by atoms with Crippen LogP contribution in [0.25, 0.3) is 0 Å². The number of rotatable bonds is 3. The molecule has 1 atom stereocenters. The van der Waals surface area contributed by atoms with Crippen molar-refractivity contribution in [2.75, 3.05) is 13.1 Å². The highest BCUT2D eigenvalue weighted by Gasteiger charge is 2.34. The monoisotopic (exact) mass is 266 g/mol. The van der Waals surface area contributed by atoms with E-state index >= 15 is 0 Å². The van der Waals surface area contributed by atoms with Crippen LogP contribution in [0, 0.1) is 11.3 Å². The van der Waals surface area contributed by atoms with Gasteiger partial charge in [0, 0.05) is 18.3 Å². The second-order valence-corrected chi connectivity index (χ2v) is 6.21. The molecule has 1 aliphatic rings. The summed E-state index contributed by atoms with van der Waals surface area (Å²) in [6.07, 6.45) is 2.12. The van der Waals surface area contributed by atoms with Crippen LogP contribution in [0.2, 0.25) is 0 Å². The van der Waals surface area contributed by atoms with Crippen molar-refractivity contribution in [2.45, 2.75) is 23.8 Å². The van der Waals surface area contributed by atoms with Crippen LogP contribution in [0.5, 0.6) is 0 Å². The fourth-order valence-corrected chi connectivity index (χ4v) is 3.52. The second kappa shape index (κ2) is 4.65. The van der Waals surface area contributed by atoms with Crippen LogP contribution < -0.4 is 10.0 Å². The molecule has 0 spiro atoms. The molecule has 1 unspecified atom stereocenters. The minimum atomic E-state index is -3.72. The van der Waals surface area contributed by atoms with Crippen LogP contribution in [0.1, 0.15) is 19.0 Å². The molecule has 7 heteroatoms. The number of aromatic nitrogens is 1. The molecule has 2 heterocycles. The number of hydrogen-bond acceptors (Lipinski definition) is 5. The Morgan fingerprint density at radius 3 is 3.00 bits per heavy atom. The van der Waals surface area contributed by atoms with E-state index in [1.54, 1.807) is 6.07 Å². The average molecular weight is 266 g/mol. The lowest BCUT2D eigenvalue weighted by Crippen LogP contribution is -2.47. The Balaban J connectivity index is 2.34. The van der Waals surface area contributed by atoms with Crippen molar-refractivity contribution in [1.82, 2.24) is 15.0 Å². The summed E-state index contributed by atoms with van der Waals surface area (Å²) >= 11 is 0. The lowest BCUT2D eigenvalue weighted by atomic mass is 10.0. The molecule has 0 radical (unpaired) electrons. The van der Waals surface area contributed by atoms with Gasteiger partial charge < -0.3 is 5.32 Å². The van der Waals surface area contributed by atoms with Gasteiger partial charge in [-0.05, 0) is 32.0 Å². The van der Waals surface area contributed by atoms with Crippen LogP contribution in [-0.2, 0) is 10.0 Å². The molecule has 0 aromatic carbocycles. The topological polar surface area (TPSA) is 94.9 Å². The van der Waals surface area contributed by atoms with E-state index in [9.17, 15) is 8.42 Å². The van der Waals surface area contributed by atoms with Crippen molar-refractivity contribution < 1.29 is 8.42 Å². The molecular weight excluding hydrogens is 252 g/mol. The van der Waals surface area contributed by atoms with Crippen LogP contribution in [0.15, 0.2) is 23.2 Å². The molecule has 1 aliphatic heterocycles. The van der Waals surface area contributed by atoms with E-state index < -0.39 is 15.6 Å². The van der Waals surface area contributed by atoms with Crippen molar-refractivity contribution in [3.05, 3.63) is 24.0 Å². The predicted octanol–water partition coefficient (Wildman–Crippen LogP) is -0.0164. The summed E-state index contributed by atoms with van der Waals surface area (Å²) in [4.78, 5) is 3.70. The molecule has 1 aromatic rings. The molecule has 0 amide bonds. The van der Waals surface area contributed by atoms with Gasteiger partial charge in [-0.1, -0.05) is 0 Å². The molecule has 18 heavy (non-hydrogen) atoms. The highest BCUT2D eigenvalue weighted by atomic mass is 32.2. The first-order valence-electron chi connectivity index (χ1n) is 5.57.